The van der Waals surface area contributed by atoms with Crippen LogP contribution in [0.2, 0.25) is 0 Å². The number of amides is 1. The summed E-state index contributed by atoms with van der Waals surface area (Å²) in [5.41, 5.74) is -0.772. The Hall–Kier alpha value is -2.51. The molecule has 1 unspecified atom stereocenters. The molecule has 0 spiro atoms. The van der Waals surface area contributed by atoms with E-state index in [0.717, 1.165) is 18.2 Å². The summed E-state index contributed by atoms with van der Waals surface area (Å²) in [6.45, 7) is 3.33. The summed E-state index contributed by atoms with van der Waals surface area (Å²) in [4.78, 5) is 33.9. The number of hydrogen-bond acceptors (Lipinski definition) is 4. The average Bonchev–Trinajstić information content (AvgIpc) is 2.42. The van der Waals surface area contributed by atoms with Crippen LogP contribution in [0.1, 0.15) is 24.2 Å². The van der Waals surface area contributed by atoms with Crippen molar-refractivity contribution in [3.8, 4) is 0 Å². The highest BCUT2D eigenvalue weighted by molar-refractivity contribution is 5.94. The topological polar surface area (TPSA) is 101 Å². The van der Waals surface area contributed by atoms with Crippen LogP contribution < -0.4 is 0 Å². The Balaban J connectivity index is 2.98. The van der Waals surface area contributed by atoms with Crippen molar-refractivity contribution in [2.45, 2.75) is 13.8 Å². The minimum atomic E-state index is -1.10. The lowest BCUT2D eigenvalue weighted by molar-refractivity contribution is -0.387. The third kappa shape index (κ3) is 3.98. The van der Waals surface area contributed by atoms with Crippen molar-refractivity contribution >= 4 is 17.6 Å². The minimum absolute atomic E-state index is 0.0245. The number of hydrogen-bond donors (Lipinski definition) is 1. The molecule has 0 radical (unpaired) electrons. The molecule has 114 valence electrons. The van der Waals surface area contributed by atoms with Crippen molar-refractivity contribution in [1.29, 1.82) is 0 Å². The highest BCUT2D eigenvalue weighted by atomic mass is 19.1. The second-order valence-corrected chi connectivity index (χ2v) is 4.51. The first-order valence-corrected chi connectivity index (χ1v) is 6.24. The molecule has 0 fully saturated rings. The molecule has 0 aromatic heterocycles. The molecule has 1 atom stereocenters. The van der Waals surface area contributed by atoms with Crippen molar-refractivity contribution in [3.63, 3.8) is 0 Å². The van der Waals surface area contributed by atoms with Gasteiger partial charge in [0.1, 0.15) is 0 Å². The Kier molecular flexibility index (Phi) is 5.34. The van der Waals surface area contributed by atoms with Crippen LogP contribution in [0.4, 0.5) is 10.1 Å². The van der Waals surface area contributed by atoms with E-state index in [1.807, 2.05) is 0 Å². The number of nitro groups is 1. The largest absolute Gasteiger partial charge is 0.481 e. The van der Waals surface area contributed by atoms with Crippen LogP contribution in [0.15, 0.2) is 18.2 Å². The zero-order valence-electron chi connectivity index (χ0n) is 11.6. The Morgan fingerprint density at radius 3 is 2.52 bits per heavy atom. The molecule has 8 heteroatoms. The van der Waals surface area contributed by atoms with Crippen LogP contribution in [0.5, 0.6) is 0 Å². The molecule has 0 saturated heterocycles. The third-order valence-corrected chi connectivity index (χ3v) is 2.98. The van der Waals surface area contributed by atoms with Gasteiger partial charge in [0, 0.05) is 24.7 Å². The van der Waals surface area contributed by atoms with Gasteiger partial charge in [-0.25, -0.2) is 0 Å². The molecule has 1 aromatic rings. The standard InChI is InChI=1S/C13H15FN2O5/c1-3-15(7-8(2)13(18)19)12(17)9-4-5-11(16(20)21)10(14)6-9/h4-6,8H,3,7H2,1-2H3,(H,18,19). The van der Waals surface area contributed by atoms with Crippen LogP contribution in [0.3, 0.4) is 0 Å². The maximum absolute atomic E-state index is 13.5. The van der Waals surface area contributed by atoms with Gasteiger partial charge >= 0.3 is 11.7 Å². The SMILES string of the molecule is CCN(CC(C)C(=O)O)C(=O)c1ccc([N+](=O)[O-])c(F)c1. The van der Waals surface area contributed by atoms with E-state index in [0.29, 0.717) is 0 Å². The lowest BCUT2D eigenvalue weighted by atomic mass is 10.1. The van der Waals surface area contributed by atoms with Crippen LogP contribution in [-0.4, -0.2) is 39.9 Å². The number of carbonyl (C=O) groups is 2. The number of halogens is 1. The fourth-order valence-electron chi connectivity index (χ4n) is 1.73. The molecular formula is C13H15FN2O5. The van der Waals surface area contributed by atoms with Gasteiger partial charge in [0.15, 0.2) is 0 Å². The normalized spacial score (nSPS) is 11.8. The lowest BCUT2D eigenvalue weighted by Gasteiger charge is -2.22. The summed E-state index contributed by atoms with van der Waals surface area (Å²) in [6, 6.07) is 2.85. The predicted molar refractivity (Wildman–Crippen MR) is 71.4 cm³/mol. The Labute approximate surface area is 120 Å². The molecule has 1 N–H and O–H groups in total. The summed E-state index contributed by atoms with van der Waals surface area (Å²) in [7, 11) is 0. The zero-order chi connectivity index (χ0) is 16.2. The zero-order valence-corrected chi connectivity index (χ0v) is 11.6. The predicted octanol–water partition coefficient (Wildman–Crippen LogP) is 1.92. The van der Waals surface area contributed by atoms with Gasteiger partial charge in [-0.2, -0.15) is 4.39 Å². The van der Waals surface area contributed by atoms with Crippen LogP contribution in [0, 0.1) is 21.8 Å². The molecule has 1 aromatic carbocycles. The summed E-state index contributed by atoms with van der Waals surface area (Å²) in [5, 5.41) is 19.4. The van der Waals surface area contributed by atoms with Crippen molar-refractivity contribution < 1.29 is 24.0 Å². The van der Waals surface area contributed by atoms with Crippen molar-refractivity contribution in [1.82, 2.24) is 4.90 Å². The fraction of sp³-hybridized carbons (Fsp3) is 0.385. The van der Waals surface area contributed by atoms with E-state index >= 15 is 0 Å². The number of aliphatic carboxylic acids is 1. The van der Waals surface area contributed by atoms with Gasteiger partial charge in [-0.05, 0) is 19.1 Å². The highest BCUT2D eigenvalue weighted by Crippen LogP contribution is 2.19. The van der Waals surface area contributed by atoms with Gasteiger partial charge in [0.05, 0.1) is 10.8 Å². The van der Waals surface area contributed by atoms with Gasteiger partial charge in [-0.15, -0.1) is 0 Å². The summed E-state index contributed by atoms with van der Waals surface area (Å²) in [6.07, 6.45) is 0. The van der Waals surface area contributed by atoms with E-state index in [2.05, 4.69) is 0 Å². The Morgan fingerprint density at radius 2 is 2.10 bits per heavy atom. The smallest absolute Gasteiger partial charge is 0.308 e. The molecule has 0 heterocycles. The average molecular weight is 298 g/mol. The Bertz CT molecular complexity index is 576. The molecule has 0 aliphatic heterocycles. The summed E-state index contributed by atoms with van der Waals surface area (Å²) in [5.74, 6) is -3.49. The van der Waals surface area contributed by atoms with Gasteiger partial charge < -0.3 is 10.0 Å². The van der Waals surface area contributed by atoms with E-state index < -0.39 is 34.2 Å². The fourth-order valence-corrected chi connectivity index (χ4v) is 1.73. The van der Waals surface area contributed by atoms with Crippen LogP contribution in [-0.2, 0) is 4.79 Å². The second kappa shape index (κ2) is 6.78. The van der Waals surface area contributed by atoms with Crippen molar-refractivity contribution in [2.24, 2.45) is 5.92 Å². The van der Waals surface area contributed by atoms with Gasteiger partial charge in [0.25, 0.3) is 5.91 Å². The molecule has 0 aliphatic carbocycles. The maximum Gasteiger partial charge on any atom is 0.308 e. The number of carboxylic acids is 1. The van der Waals surface area contributed by atoms with Crippen LogP contribution >= 0.6 is 0 Å². The number of carbonyl (C=O) groups excluding carboxylic acids is 1. The van der Waals surface area contributed by atoms with Gasteiger partial charge in [0.2, 0.25) is 5.82 Å². The number of nitro benzene ring substituents is 1. The van der Waals surface area contributed by atoms with E-state index in [4.69, 9.17) is 5.11 Å². The maximum atomic E-state index is 13.5. The molecule has 0 bridgehead atoms. The molecule has 1 rings (SSSR count). The highest BCUT2D eigenvalue weighted by Gasteiger charge is 2.22. The third-order valence-electron chi connectivity index (χ3n) is 2.98. The van der Waals surface area contributed by atoms with Crippen molar-refractivity contribution in [3.05, 3.63) is 39.7 Å². The van der Waals surface area contributed by atoms with Gasteiger partial charge in [-0.1, -0.05) is 6.92 Å². The second-order valence-electron chi connectivity index (χ2n) is 4.51. The number of rotatable bonds is 6. The molecule has 21 heavy (non-hydrogen) atoms. The first-order chi connectivity index (χ1) is 9.77. The molecular weight excluding hydrogens is 283 g/mol. The van der Waals surface area contributed by atoms with Crippen LogP contribution in [0.25, 0.3) is 0 Å². The molecule has 7 nitrogen and oxygen atoms in total. The quantitative estimate of drug-likeness (QED) is 0.638. The number of benzene rings is 1. The van der Waals surface area contributed by atoms with E-state index in [1.54, 1.807) is 6.92 Å². The van der Waals surface area contributed by atoms with Crippen molar-refractivity contribution in [2.75, 3.05) is 13.1 Å². The molecule has 0 saturated carbocycles. The van der Waals surface area contributed by atoms with Gasteiger partial charge in [-0.3, -0.25) is 19.7 Å². The molecule has 1 amide bonds. The van der Waals surface area contributed by atoms with E-state index in [9.17, 15) is 24.1 Å². The first-order valence-electron chi connectivity index (χ1n) is 6.24. The summed E-state index contributed by atoms with van der Waals surface area (Å²) < 4.78 is 13.5. The number of carboxylic acid groups (broad SMARTS) is 1. The lowest BCUT2D eigenvalue weighted by Crippen LogP contribution is -2.36. The first kappa shape index (κ1) is 16.5. The monoisotopic (exact) mass is 298 g/mol. The number of nitrogens with zero attached hydrogens (tertiary/aromatic N) is 2. The minimum Gasteiger partial charge on any atom is -0.481 e. The molecule has 0 aliphatic rings. The van der Waals surface area contributed by atoms with E-state index in [1.165, 1.54) is 11.8 Å². The summed E-state index contributed by atoms with van der Waals surface area (Å²) >= 11 is 0. The Morgan fingerprint density at radius 1 is 1.48 bits per heavy atom. The van der Waals surface area contributed by atoms with E-state index in [-0.39, 0.29) is 18.7 Å².